The van der Waals surface area contributed by atoms with Crippen LogP contribution in [0.4, 0.5) is 5.69 Å². The third kappa shape index (κ3) is 4.90. The number of rotatable bonds is 6. The van der Waals surface area contributed by atoms with Crippen LogP contribution in [0.15, 0.2) is 53.9 Å². The molecule has 1 amide bonds. The van der Waals surface area contributed by atoms with Gasteiger partial charge in [-0.1, -0.05) is 52.6 Å². The van der Waals surface area contributed by atoms with E-state index in [1.807, 2.05) is 35.0 Å². The first-order valence-corrected chi connectivity index (χ1v) is 9.85. The average Bonchev–Trinajstić information content (AvgIpc) is 3.11. The normalized spacial score (nSPS) is 10.7. The molecule has 0 aliphatic heterocycles. The number of nitrogens with zero attached hydrogens (tertiary/aromatic N) is 2. The lowest BCUT2D eigenvalue weighted by atomic mass is 10.3. The lowest BCUT2D eigenvalue weighted by molar-refractivity contribution is -0.113. The van der Waals surface area contributed by atoms with Crippen LogP contribution in [0.2, 0.25) is 15.1 Å². The van der Waals surface area contributed by atoms with Gasteiger partial charge in [-0.2, -0.15) is 0 Å². The Balaban J connectivity index is 1.69. The molecule has 0 unspecified atom stereocenters. The Morgan fingerprint density at radius 2 is 1.96 bits per heavy atom. The van der Waals surface area contributed by atoms with E-state index in [1.165, 1.54) is 23.9 Å². The van der Waals surface area contributed by atoms with Gasteiger partial charge in [-0.25, -0.2) is 4.98 Å². The van der Waals surface area contributed by atoms with Crippen molar-refractivity contribution < 1.29 is 9.53 Å². The summed E-state index contributed by atoms with van der Waals surface area (Å²) in [5.41, 5.74) is 1.23. The third-order valence-corrected chi connectivity index (χ3v) is 5.32. The monoisotopic (exact) mass is 441 g/mol. The molecule has 140 valence electrons. The fraction of sp³-hybridized carbons (Fsp3) is 0.111. The summed E-state index contributed by atoms with van der Waals surface area (Å²) in [6.07, 6.45) is 3.49. The van der Waals surface area contributed by atoms with Crippen LogP contribution >= 0.6 is 46.6 Å². The molecule has 3 rings (SSSR count). The third-order valence-electron chi connectivity index (χ3n) is 3.54. The average molecular weight is 443 g/mol. The molecule has 0 bridgehead atoms. The summed E-state index contributed by atoms with van der Waals surface area (Å²) in [5, 5.41) is 4.34. The Morgan fingerprint density at radius 1 is 1.22 bits per heavy atom. The predicted octanol–water partition coefficient (Wildman–Crippen LogP) is 5.57. The zero-order valence-corrected chi connectivity index (χ0v) is 17.2. The number of methoxy groups -OCH3 is 1. The van der Waals surface area contributed by atoms with Crippen LogP contribution in [-0.4, -0.2) is 28.3 Å². The van der Waals surface area contributed by atoms with Crippen LogP contribution < -0.4 is 10.1 Å². The number of carbonyl (C=O) groups excluding carboxylic acids is 1. The van der Waals surface area contributed by atoms with Crippen LogP contribution in [0.5, 0.6) is 5.75 Å². The molecule has 0 radical (unpaired) electrons. The molecule has 0 saturated heterocycles. The van der Waals surface area contributed by atoms with Gasteiger partial charge in [-0.15, -0.1) is 0 Å². The maximum absolute atomic E-state index is 12.3. The molecule has 3 aromatic rings. The largest absolute Gasteiger partial charge is 0.497 e. The predicted molar refractivity (Wildman–Crippen MR) is 111 cm³/mol. The van der Waals surface area contributed by atoms with E-state index < -0.39 is 0 Å². The number of imidazole rings is 1. The fourth-order valence-corrected chi connectivity index (χ4v) is 4.01. The SMILES string of the molecule is COc1cccc(-n2ccnc2SCC(=O)Nc2c(Cl)cc(Cl)cc2Cl)c1. The van der Waals surface area contributed by atoms with Crippen LogP contribution in [0, 0.1) is 0 Å². The molecule has 0 aliphatic rings. The second-order valence-electron chi connectivity index (χ2n) is 5.36. The van der Waals surface area contributed by atoms with Gasteiger partial charge in [0.2, 0.25) is 5.91 Å². The van der Waals surface area contributed by atoms with Crippen LogP contribution in [0.25, 0.3) is 5.69 Å². The van der Waals surface area contributed by atoms with Gasteiger partial charge in [0.05, 0.1) is 34.3 Å². The molecule has 0 spiro atoms. The van der Waals surface area contributed by atoms with Crippen molar-refractivity contribution in [1.82, 2.24) is 9.55 Å². The number of amides is 1. The van der Waals surface area contributed by atoms with Gasteiger partial charge < -0.3 is 10.1 Å². The molecule has 0 atom stereocenters. The summed E-state index contributed by atoms with van der Waals surface area (Å²) >= 11 is 19.4. The quantitative estimate of drug-likeness (QED) is 0.507. The maximum atomic E-state index is 12.3. The molecule has 0 fully saturated rings. The van der Waals surface area contributed by atoms with Gasteiger partial charge in [-0.3, -0.25) is 9.36 Å². The van der Waals surface area contributed by atoms with Crippen LogP contribution in [0.3, 0.4) is 0 Å². The first-order valence-electron chi connectivity index (χ1n) is 7.73. The number of hydrogen-bond donors (Lipinski definition) is 1. The highest BCUT2D eigenvalue weighted by Gasteiger charge is 2.13. The summed E-state index contributed by atoms with van der Waals surface area (Å²) in [7, 11) is 1.61. The second-order valence-corrected chi connectivity index (χ2v) is 7.56. The first-order chi connectivity index (χ1) is 13.0. The maximum Gasteiger partial charge on any atom is 0.234 e. The molecule has 27 heavy (non-hydrogen) atoms. The van der Waals surface area contributed by atoms with Crippen molar-refractivity contribution >= 4 is 58.2 Å². The lowest BCUT2D eigenvalue weighted by Gasteiger charge is -2.11. The van der Waals surface area contributed by atoms with Crippen molar-refractivity contribution in [3.63, 3.8) is 0 Å². The molecular weight excluding hydrogens is 429 g/mol. The highest BCUT2D eigenvalue weighted by molar-refractivity contribution is 7.99. The van der Waals surface area contributed by atoms with E-state index in [1.54, 1.807) is 13.3 Å². The van der Waals surface area contributed by atoms with E-state index in [0.717, 1.165) is 11.4 Å². The molecule has 0 aliphatic carbocycles. The minimum absolute atomic E-state index is 0.135. The Kier molecular flexibility index (Phi) is 6.55. The number of carbonyl (C=O) groups is 1. The summed E-state index contributed by atoms with van der Waals surface area (Å²) in [6.45, 7) is 0. The molecule has 1 aromatic heterocycles. The van der Waals surface area contributed by atoms with Crippen molar-refractivity contribution in [3.8, 4) is 11.4 Å². The second kappa shape index (κ2) is 8.89. The Bertz CT molecular complexity index is 955. The number of benzene rings is 2. The van der Waals surface area contributed by atoms with Crippen molar-refractivity contribution in [2.24, 2.45) is 0 Å². The number of thioether (sulfide) groups is 1. The number of ether oxygens (including phenoxy) is 1. The van der Waals surface area contributed by atoms with Crippen molar-refractivity contribution in [1.29, 1.82) is 0 Å². The summed E-state index contributed by atoms with van der Waals surface area (Å²) in [5.74, 6) is 0.615. The number of halogens is 3. The lowest BCUT2D eigenvalue weighted by Crippen LogP contribution is -2.15. The number of aromatic nitrogens is 2. The molecule has 0 saturated carbocycles. The smallest absolute Gasteiger partial charge is 0.234 e. The minimum Gasteiger partial charge on any atom is -0.497 e. The minimum atomic E-state index is -0.258. The van der Waals surface area contributed by atoms with E-state index in [0.29, 0.717) is 15.9 Å². The molecule has 1 heterocycles. The Labute approximate surface area is 175 Å². The fourth-order valence-electron chi connectivity index (χ4n) is 2.32. The zero-order chi connectivity index (χ0) is 19.4. The topological polar surface area (TPSA) is 56.2 Å². The Morgan fingerprint density at radius 3 is 2.67 bits per heavy atom. The van der Waals surface area contributed by atoms with Crippen molar-refractivity contribution in [2.75, 3.05) is 18.2 Å². The van der Waals surface area contributed by atoms with Crippen molar-refractivity contribution in [3.05, 3.63) is 63.9 Å². The molecule has 1 N–H and O–H groups in total. The van der Waals surface area contributed by atoms with Gasteiger partial charge in [0, 0.05) is 23.5 Å². The van der Waals surface area contributed by atoms with Crippen LogP contribution in [0.1, 0.15) is 0 Å². The zero-order valence-electron chi connectivity index (χ0n) is 14.1. The van der Waals surface area contributed by atoms with E-state index in [2.05, 4.69) is 10.3 Å². The van der Waals surface area contributed by atoms with Gasteiger partial charge in [0.15, 0.2) is 5.16 Å². The standard InChI is InChI=1S/C18H14Cl3N3O2S/c1-26-13-4-2-3-12(9-13)24-6-5-22-18(24)27-10-16(25)23-17-14(20)7-11(19)8-15(17)21/h2-9H,10H2,1H3,(H,23,25). The van der Waals surface area contributed by atoms with Gasteiger partial charge >= 0.3 is 0 Å². The van der Waals surface area contributed by atoms with Gasteiger partial charge in [-0.05, 0) is 24.3 Å². The van der Waals surface area contributed by atoms with Gasteiger partial charge in [0.1, 0.15) is 5.75 Å². The summed E-state index contributed by atoms with van der Waals surface area (Å²) < 4.78 is 7.13. The Hall–Kier alpha value is -1.86. The number of nitrogens with one attached hydrogen (secondary N) is 1. The van der Waals surface area contributed by atoms with Crippen molar-refractivity contribution in [2.45, 2.75) is 5.16 Å². The molecule has 9 heteroatoms. The number of anilines is 1. The highest BCUT2D eigenvalue weighted by atomic mass is 35.5. The highest BCUT2D eigenvalue weighted by Crippen LogP contribution is 2.34. The van der Waals surface area contributed by atoms with E-state index >= 15 is 0 Å². The summed E-state index contributed by atoms with van der Waals surface area (Å²) in [6, 6.07) is 10.6. The molecule has 5 nitrogen and oxygen atoms in total. The van der Waals surface area contributed by atoms with Crippen LogP contribution in [-0.2, 0) is 4.79 Å². The van der Waals surface area contributed by atoms with Gasteiger partial charge in [0.25, 0.3) is 0 Å². The van der Waals surface area contributed by atoms with E-state index in [-0.39, 0.29) is 21.7 Å². The summed E-state index contributed by atoms with van der Waals surface area (Å²) in [4.78, 5) is 16.6. The van der Waals surface area contributed by atoms with E-state index in [4.69, 9.17) is 39.5 Å². The molecule has 2 aromatic carbocycles. The first kappa shape index (κ1) is 19.9. The van der Waals surface area contributed by atoms with E-state index in [9.17, 15) is 4.79 Å². The molecular formula is C18H14Cl3N3O2S. The number of hydrogen-bond acceptors (Lipinski definition) is 4.